The summed E-state index contributed by atoms with van der Waals surface area (Å²) in [6, 6.07) is 5.56. The summed E-state index contributed by atoms with van der Waals surface area (Å²) >= 11 is 0. The molecule has 0 N–H and O–H groups in total. The van der Waals surface area contributed by atoms with Gasteiger partial charge < -0.3 is 4.74 Å². The van der Waals surface area contributed by atoms with Crippen molar-refractivity contribution in [2.45, 2.75) is 31.8 Å². The zero-order chi connectivity index (χ0) is 13.1. The van der Waals surface area contributed by atoms with Gasteiger partial charge in [-0.3, -0.25) is 14.8 Å². The monoisotopic (exact) mass is 256 g/mol. The molecule has 1 aliphatic rings. The second-order valence-electron chi connectivity index (χ2n) is 4.83. The third-order valence-corrected chi connectivity index (χ3v) is 3.52. The van der Waals surface area contributed by atoms with Crippen molar-refractivity contribution in [1.29, 1.82) is 0 Å². The van der Waals surface area contributed by atoms with Crippen molar-refractivity contribution in [3.63, 3.8) is 0 Å². The molecule has 0 spiro atoms. The van der Waals surface area contributed by atoms with E-state index in [0.29, 0.717) is 17.5 Å². The number of carbonyl (C=O) groups is 1. The van der Waals surface area contributed by atoms with Crippen LogP contribution in [0, 0.1) is 0 Å². The van der Waals surface area contributed by atoms with Gasteiger partial charge in [0, 0.05) is 31.0 Å². The Balaban J connectivity index is 1.77. The van der Waals surface area contributed by atoms with E-state index in [1.807, 2.05) is 18.2 Å². The topological polar surface area (TPSA) is 52.1 Å². The molecular weight excluding hydrogens is 240 g/mol. The average Bonchev–Trinajstić information content (AvgIpc) is 2.97. The lowest BCUT2D eigenvalue weighted by Crippen LogP contribution is -2.09. The van der Waals surface area contributed by atoms with E-state index >= 15 is 0 Å². The van der Waals surface area contributed by atoms with E-state index in [2.05, 4.69) is 9.97 Å². The van der Waals surface area contributed by atoms with Gasteiger partial charge in [0.15, 0.2) is 5.78 Å². The zero-order valence-corrected chi connectivity index (χ0v) is 10.7. The Morgan fingerprint density at radius 2 is 2.21 bits per heavy atom. The first-order valence-corrected chi connectivity index (χ1v) is 6.69. The van der Waals surface area contributed by atoms with Gasteiger partial charge in [-0.05, 0) is 31.4 Å². The molecule has 1 unspecified atom stereocenters. The fourth-order valence-corrected chi connectivity index (χ4v) is 2.52. The molecule has 0 bridgehead atoms. The van der Waals surface area contributed by atoms with Crippen LogP contribution in [0.2, 0.25) is 0 Å². The molecule has 98 valence electrons. The van der Waals surface area contributed by atoms with Crippen molar-refractivity contribution in [3.05, 3.63) is 36.2 Å². The van der Waals surface area contributed by atoms with Crippen LogP contribution in [0.4, 0.5) is 0 Å². The third-order valence-electron chi connectivity index (χ3n) is 3.52. The van der Waals surface area contributed by atoms with Gasteiger partial charge in [-0.1, -0.05) is 6.07 Å². The number of hydrogen-bond acceptors (Lipinski definition) is 4. The SMILES string of the molecule is O=C(CCC1CCCO1)c1cccc2nccnc12. The molecule has 3 rings (SSSR count). The maximum atomic E-state index is 12.3. The lowest BCUT2D eigenvalue weighted by Gasteiger charge is -2.09. The molecule has 0 amide bonds. The van der Waals surface area contributed by atoms with Crippen LogP contribution in [-0.2, 0) is 4.74 Å². The molecule has 1 aromatic carbocycles. The quantitative estimate of drug-likeness (QED) is 0.789. The molecule has 1 fully saturated rings. The van der Waals surface area contributed by atoms with Crippen molar-refractivity contribution in [2.24, 2.45) is 0 Å². The van der Waals surface area contributed by atoms with E-state index in [1.54, 1.807) is 12.4 Å². The van der Waals surface area contributed by atoms with Crippen molar-refractivity contribution >= 4 is 16.8 Å². The summed E-state index contributed by atoms with van der Waals surface area (Å²) in [4.78, 5) is 20.8. The normalized spacial score (nSPS) is 18.8. The van der Waals surface area contributed by atoms with E-state index in [0.717, 1.165) is 31.4 Å². The molecule has 19 heavy (non-hydrogen) atoms. The lowest BCUT2D eigenvalue weighted by atomic mass is 10.0. The summed E-state index contributed by atoms with van der Waals surface area (Å²) in [7, 11) is 0. The molecule has 0 aliphatic carbocycles. The van der Waals surface area contributed by atoms with Gasteiger partial charge in [0.05, 0.1) is 17.1 Å². The molecule has 1 aromatic heterocycles. The molecule has 0 saturated carbocycles. The van der Waals surface area contributed by atoms with Gasteiger partial charge in [-0.2, -0.15) is 0 Å². The Kier molecular flexibility index (Phi) is 3.51. The largest absolute Gasteiger partial charge is 0.378 e. The molecule has 1 saturated heterocycles. The van der Waals surface area contributed by atoms with Crippen molar-refractivity contribution < 1.29 is 9.53 Å². The highest BCUT2D eigenvalue weighted by Crippen LogP contribution is 2.20. The van der Waals surface area contributed by atoms with Crippen LogP contribution in [0.1, 0.15) is 36.0 Å². The number of Topliss-reactive ketones (excluding diaryl/α,β-unsaturated/α-hetero) is 1. The lowest BCUT2D eigenvalue weighted by molar-refractivity contribution is 0.0860. The van der Waals surface area contributed by atoms with Crippen molar-refractivity contribution in [1.82, 2.24) is 9.97 Å². The van der Waals surface area contributed by atoms with E-state index in [-0.39, 0.29) is 11.9 Å². The number of ether oxygens (including phenoxy) is 1. The molecule has 4 heteroatoms. The van der Waals surface area contributed by atoms with Gasteiger partial charge in [-0.25, -0.2) is 0 Å². The Hall–Kier alpha value is -1.81. The summed E-state index contributed by atoms with van der Waals surface area (Å²) in [5.41, 5.74) is 2.14. The number of aromatic nitrogens is 2. The number of benzene rings is 1. The Bertz CT molecular complexity index is 586. The minimum Gasteiger partial charge on any atom is -0.378 e. The minimum absolute atomic E-state index is 0.126. The van der Waals surface area contributed by atoms with Gasteiger partial charge in [0.2, 0.25) is 0 Å². The highest BCUT2D eigenvalue weighted by molar-refractivity contribution is 6.05. The Morgan fingerprint density at radius 3 is 3.05 bits per heavy atom. The molecule has 0 radical (unpaired) electrons. The van der Waals surface area contributed by atoms with Crippen LogP contribution in [0.3, 0.4) is 0 Å². The van der Waals surface area contributed by atoms with Crippen molar-refractivity contribution in [2.75, 3.05) is 6.61 Å². The summed E-state index contributed by atoms with van der Waals surface area (Å²) < 4.78 is 5.55. The maximum Gasteiger partial charge on any atom is 0.165 e. The standard InChI is InChI=1S/C15H16N2O2/c18-14(7-6-11-3-2-10-19-11)12-4-1-5-13-15(12)17-9-8-16-13/h1,4-5,8-9,11H,2-3,6-7,10H2. The van der Waals surface area contributed by atoms with E-state index in [9.17, 15) is 4.79 Å². The van der Waals surface area contributed by atoms with E-state index in [4.69, 9.17) is 4.74 Å². The van der Waals surface area contributed by atoms with Crippen LogP contribution in [0.15, 0.2) is 30.6 Å². The first-order valence-electron chi connectivity index (χ1n) is 6.69. The second-order valence-corrected chi connectivity index (χ2v) is 4.83. The summed E-state index contributed by atoms with van der Waals surface area (Å²) in [6.07, 6.45) is 7.02. The highest BCUT2D eigenvalue weighted by Gasteiger charge is 2.18. The number of para-hydroxylation sites is 1. The summed E-state index contributed by atoms with van der Waals surface area (Å²) in [5, 5.41) is 0. The number of fused-ring (bicyclic) bond motifs is 1. The highest BCUT2D eigenvalue weighted by atomic mass is 16.5. The van der Waals surface area contributed by atoms with Crippen LogP contribution in [0.25, 0.3) is 11.0 Å². The summed E-state index contributed by atoms with van der Waals surface area (Å²) in [6.45, 7) is 0.832. The predicted octanol–water partition coefficient (Wildman–Crippen LogP) is 2.77. The number of rotatable bonds is 4. The second kappa shape index (κ2) is 5.45. The first kappa shape index (κ1) is 12.2. The van der Waals surface area contributed by atoms with Gasteiger partial charge in [-0.15, -0.1) is 0 Å². The summed E-state index contributed by atoms with van der Waals surface area (Å²) in [5.74, 6) is 0.126. The Labute approximate surface area is 111 Å². The predicted molar refractivity (Wildman–Crippen MR) is 72.1 cm³/mol. The van der Waals surface area contributed by atoms with Crippen LogP contribution in [-0.4, -0.2) is 28.5 Å². The molecule has 2 aromatic rings. The van der Waals surface area contributed by atoms with Gasteiger partial charge in [0.25, 0.3) is 0 Å². The maximum absolute atomic E-state index is 12.3. The molecule has 1 atom stereocenters. The fraction of sp³-hybridized carbons (Fsp3) is 0.400. The number of carbonyl (C=O) groups excluding carboxylic acids is 1. The fourth-order valence-electron chi connectivity index (χ4n) is 2.52. The van der Waals surface area contributed by atoms with Crippen LogP contribution < -0.4 is 0 Å². The van der Waals surface area contributed by atoms with Crippen LogP contribution >= 0.6 is 0 Å². The molecule has 1 aliphatic heterocycles. The molecular formula is C15H16N2O2. The third kappa shape index (κ3) is 2.63. The number of hydrogen-bond donors (Lipinski definition) is 0. The minimum atomic E-state index is 0.126. The first-order chi connectivity index (χ1) is 9.34. The Morgan fingerprint density at radius 1 is 1.32 bits per heavy atom. The molecule has 4 nitrogen and oxygen atoms in total. The van der Waals surface area contributed by atoms with Gasteiger partial charge >= 0.3 is 0 Å². The van der Waals surface area contributed by atoms with Crippen LogP contribution in [0.5, 0.6) is 0 Å². The van der Waals surface area contributed by atoms with Crippen molar-refractivity contribution in [3.8, 4) is 0 Å². The molecule has 2 heterocycles. The number of nitrogens with zero attached hydrogens (tertiary/aromatic N) is 2. The van der Waals surface area contributed by atoms with Gasteiger partial charge in [0.1, 0.15) is 0 Å². The smallest absolute Gasteiger partial charge is 0.165 e. The average molecular weight is 256 g/mol. The van der Waals surface area contributed by atoms with E-state index in [1.165, 1.54) is 0 Å². The van der Waals surface area contributed by atoms with E-state index < -0.39 is 0 Å². The zero-order valence-electron chi connectivity index (χ0n) is 10.7. The number of ketones is 1.